The number of aliphatic hydroxyl groups is 1. The zero-order chi connectivity index (χ0) is 6.57. The highest BCUT2D eigenvalue weighted by Gasteiger charge is 2.01. The maximum absolute atomic E-state index is 11.7. The highest BCUT2D eigenvalue weighted by atomic mass is 19.2. The first kappa shape index (κ1) is 7.81. The van der Waals surface area contributed by atoms with Gasteiger partial charge < -0.3 is 5.11 Å². The number of aliphatic hydroxyl groups excluding tert-OH is 1. The highest BCUT2D eigenvalue weighted by molar-refractivity contribution is 4.28. The standard InChI is InChI=1S/C4H10FNO2/c1-4(2)8-6(5)3-7/h4,7H,3H2,1-2H3. The number of nitrogens with zero attached hydrogens (tertiary/aromatic N) is 1. The molecule has 0 saturated carbocycles. The predicted molar refractivity (Wildman–Crippen MR) is 26.3 cm³/mol. The van der Waals surface area contributed by atoms with Gasteiger partial charge in [-0.2, -0.15) is 0 Å². The van der Waals surface area contributed by atoms with E-state index in [1.165, 1.54) is 0 Å². The fourth-order valence-electron chi connectivity index (χ4n) is 0.262. The predicted octanol–water partition coefficient (Wildman–Crippen LogP) is 0.463. The SMILES string of the molecule is CC(C)ON(F)CO. The van der Waals surface area contributed by atoms with Gasteiger partial charge in [-0.15, -0.1) is 4.48 Å². The number of rotatable bonds is 3. The first-order valence-corrected chi connectivity index (χ1v) is 2.37. The smallest absolute Gasteiger partial charge is 0.151 e. The van der Waals surface area contributed by atoms with Gasteiger partial charge in [0, 0.05) is 5.29 Å². The average Bonchev–Trinajstić information content (AvgIpc) is 1.65. The zero-order valence-corrected chi connectivity index (χ0v) is 4.97. The third-order valence-corrected chi connectivity index (χ3v) is 0.436. The molecule has 0 aromatic carbocycles. The molecule has 0 aliphatic heterocycles. The minimum Gasteiger partial charge on any atom is -0.376 e. The maximum atomic E-state index is 11.7. The maximum Gasteiger partial charge on any atom is 0.151 e. The van der Waals surface area contributed by atoms with E-state index in [-0.39, 0.29) is 11.4 Å². The van der Waals surface area contributed by atoms with Crippen LogP contribution in [-0.4, -0.2) is 23.2 Å². The lowest BCUT2D eigenvalue weighted by atomic mass is 10.5. The number of hydrogen-bond acceptors (Lipinski definition) is 3. The van der Waals surface area contributed by atoms with E-state index in [0.29, 0.717) is 0 Å². The Kier molecular flexibility index (Phi) is 3.68. The lowest BCUT2D eigenvalue weighted by molar-refractivity contribution is -0.325. The van der Waals surface area contributed by atoms with Gasteiger partial charge in [-0.3, -0.25) is 4.84 Å². The summed E-state index contributed by atoms with van der Waals surface area (Å²) in [6.07, 6.45) is -0.229. The minimum absolute atomic E-state index is 0.120. The summed E-state index contributed by atoms with van der Waals surface area (Å²) in [4.78, 5) is 4.32. The molecule has 0 aliphatic rings. The lowest BCUT2D eigenvalue weighted by Gasteiger charge is -2.10. The first-order valence-electron chi connectivity index (χ1n) is 2.37. The van der Waals surface area contributed by atoms with E-state index in [9.17, 15) is 4.48 Å². The van der Waals surface area contributed by atoms with Crippen LogP contribution in [0.25, 0.3) is 0 Å². The van der Waals surface area contributed by atoms with Gasteiger partial charge in [0.25, 0.3) is 0 Å². The number of hydroxylamine groups is 1. The molecule has 0 unspecified atom stereocenters. The first-order chi connectivity index (χ1) is 3.66. The van der Waals surface area contributed by atoms with Gasteiger partial charge in [0.2, 0.25) is 0 Å². The Morgan fingerprint density at radius 3 is 2.38 bits per heavy atom. The second-order valence-electron chi connectivity index (χ2n) is 1.61. The molecule has 50 valence electrons. The molecule has 0 aromatic heterocycles. The molecule has 8 heavy (non-hydrogen) atoms. The Hall–Kier alpha value is -0.190. The molecule has 0 spiro atoms. The van der Waals surface area contributed by atoms with Crippen molar-refractivity contribution in [2.75, 3.05) is 6.73 Å². The third kappa shape index (κ3) is 3.98. The molecule has 0 fully saturated rings. The summed E-state index contributed by atoms with van der Waals surface area (Å²) < 4.78 is 11.7. The van der Waals surface area contributed by atoms with E-state index < -0.39 is 6.73 Å². The van der Waals surface area contributed by atoms with Crippen molar-refractivity contribution >= 4 is 0 Å². The van der Waals surface area contributed by atoms with E-state index >= 15 is 0 Å². The molecular weight excluding hydrogens is 113 g/mol. The Morgan fingerprint density at radius 1 is 1.75 bits per heavy atom. The van der Waals surface area contributed by atoms with Crippen molar-refractivity contribution in [3.8, 4) is 0 Å². The fraction of sp³-hybridized carbons (Fsp3) is 1.00. The van der Waals surface area contributed by atoms with Gasteiger partial charge in [-0.05, 0) is 13.8 Å². The Labute approximate surface area is 47.6 Å². The van der Waals surface area contributed by atoms with Crippen molar-refractivity contribution in [3.63, 3.8) is 0 Å². The summed E-state index contributed by atoms with van der Waals surface area (Å²) in [5.41, 5.74) is 0. The van der Waals surface area contributed by atoms with Crippen LogP contribution in [0.2, 0.25) is 0 Å². The van der Waals surface area contributed by atoms with Crippen LogP contribution in [0.1, 0.15) is 13.8 Å². The van der Waals surface area contributed by atoms with Crippen molar-refractivity contribution in [1.82, 2.24) is 5.29 Å². The van der Waals surface area contributed by atoms with E-state index in [1.54, 1.807) is 13.8 Å². The molecule has 4 heteroatoms. The van der Waals surface area contributed by atoms with Crippen LogP contribution in [0.3, 0.4) is 0 Å². The zero-order valence-electron chi connectivity index (χ0n) is 4.97. The molecule has 3 nitrogen and oxygen atoms in total. The van der Waals surface area contributed by atoms with Gasteiger partial charge in [-0.25, -0.2) is 0 Å². The largest absolute Gasteiger partial charge is 0.376 e. The van der Waals surface area contributed by atoms with Crippen LogP contribution in [0, 0.1) is 0 Å². The van der Waals surface area contributed by atoms with E-state index in [4.69, 9.17) is 5.11 Å². The summed E-state index contributed by atoms with van der Waals surface area (Å²) in [6, 6.07) is 0. The van der Waals surface area contributed by atoms with Crippen molar-refractivity contribution in [3.05, 3.63) is 0 Å². The molecule has 0 radical (unpaired) electrons. The summed E-state index contributed by atoms with van der Waals surface area (Å²) in [5, 5.41) is 7.89. The molecule has 0 aromatic rings. The summed E-state index contributed by atoms with van der Waals surface area (Å²) in [6.45, 7) is 2.61. The molecule has 0 rings (SSSR count). The summed E-state index contributed by atoms with van der Waals surface area (Å²) in [7, 11) is 0. The molecular formula is C4H10FNO2. The highest BCUT2D eigenvalue weighted by Crippen LogP contribution is 1.93. The van der Waals surface area contributed by atoms with Crippen molar-refractivity contribution in [2.24, 2.45) is 0 Å². The van der Waals surface area contributed by atoms with Gasteiger partial charge in [0.15, 0.2) is 6.73 Å². The second-order valence-corrected chi connectivity index (χ2v) is 1.61. The molecule has 0 aliphatic carbocycles. The van der Waals surface area contributed by atoms with Gasteiger partial charge in [0.1, 0.15) is 0 Å². The van der Waals surface area contributed by atoms with Crippen LogP contribution in [0.5, 0.6) is 0 Å². The Morgan fingerprint density at radius 2 is 2.25 bits per heavy atom. The monoisotopic (exact) mass is 123 g/mol. The fourth-order valence-corrected chi connectivity index (χ4v) is 0.262. The van der Waals surface area contributed by atoms with Crippen LogP contribution in [0.4, 0.5) is 4.48 Å². The Balaban J connectivity index is 3.10. The van der Waals surface area contributed by atoms with E-state index in [0.717, 1.165) is 0 Å². The van der Waals surface area contributed by atoms with Crippen molar-refractivity contribution in [1.29, 1.82) is 0 Å². The van der Waals surface area contributed by atoms with E-state index in [2.05, 4.69) is 4.84 Å². The molecule has 1 N–H and O–H groups in total. The molecule has 0 atom stereocenters. The minimum atomic E-state index is -0.724. The van der Waals surface area contributed by atoms with Gasteiger partial charge in [0.05, 0.1) is 6.10 Å². The summed E-state index contributed by atoms with van der Waals surface area (Å²) in [5.74, 6) is 0. The number of hydrogen-bond donors (Lipinski definition) is 1. The van der Waals surface area contributed by atoms with Crippen LogP contribution >= 0.6 is 0 Å². The summed E-state index contributed by atoms with van der Waals surface area (Å²) >= 11 is 0. The van der Waals surface area contributed by atoms with E-state index in [1.807, 2.05) is 0 Å². The van der Waals surface area contributed by atoms with Crippen LogP contribution in [-0.2, 0) is 4.84 Å². The van der Waals surface area contributed by atoms with Gasteiger partial charge in [-0.1, -0.05) is 0 Å². The second kappa shape index (κ2) is 3.77. The molecule has 0 saturated heterocycles. The Bertz CT molecular complexity index is 60.0. The quantitative estimate of drug-likeness (QED) is 0.336. The average molecular weight is 123 g/mol. The molecule has 0 bridgehead atoms. The number of halogens is 1. The van der Waals surface area contributed by atoms with Crippen LogP contribution in [0.15, 0.2) is 0 Å². The molecule has 0 heterocycles. The lowest BCUT2D eigenvalue weighted by Crippen LogP contribution is -2.19. The van der Waals surface area contributed by atoms with Crippen molar-refractivity contribution < 1.29 is 14.4 Å². The molecule has 0 amide bonds. The normalized spacial score (nSPS) is 11.2. The third-order valence-electron chi connectivity index (χ3n) is 0.436. The van der Waals surface area contributed by atoms with Gasteiger partial charge >= 0.3 is 0 Å². The van der Waals surface area contributed by atoms with Crippen LogP contribution < -0.4 is 0 Å². The topological polar surface area (TPSA) is 32.7 Å². The van der Waals surface area contributed by atoms with Crippen molar-refractivity contribution in [2.45, 2.75) is 20.0 Å².